The second kappa shape index (κ2) is 3.01. The molecule has 66 valence electrons. The molecule has 0 saturated heterocycles. The Hall–Kier alpha value is -1.64. The number of ether oxygens (including phenoxy) is 1. The maximum Gasteiger partial charge on any atom is 0.338 e. The van der Waals surface area contributed by atoms with E-state index in [9.17, 15) is 9.59 Å². The number of ketones is 1. The predicted molar refractivity (Wildman–Crippen MR) is 45.7 cm³/mol. The maximum atomic E-state index is 11.4. The number of carbonyl (C=O) groups is 2. The van der Waals surface area contributed by atoms with E-state index in [1.54, 1.807) is 24.3 Å². The number of carbonyl (C=O) groups excluding carboxylic acids is 2. The molecule has 2 rings (SSSR count). The van der Waals surface area contributed by atoms with Crippen molar-refractivity contribution in [2.45, 2.75) is 6.42 Å². The lowest BCUT2D eigenvalue weighted by Gasteiger charge is -2.00. The monoisotopic (exact) mass is 176 g/mol. The SMILES string of the molecule is O=C1CCOC(=O)c2ccccc21. The van der Waals surface area contributed by atoms with Gasteiger partial charge in [-0.25, -0.2) is 4.79 Å². The number of hydrogen-bond donors (Lipinski definition) is 0. The molecule has 1 aromatic carbocycles. The van der Waals surface area contributed by atoms with Crippen LogP contribution in [0.15, 0.2) is 24.3 Å². The van der Waals surface area contributed by atoms with Crippen LogP contribution in [0.3, 0.4) is 0 Å². The van der Waals surface area contributed by atoms with Crippen LogP contribution in [0.25, 0.3) is 0 Å². The second-order valence-corrected chi connectivity index (χ2v) is 2.85. The molecule has 13 heavy (non-hydrogen) atoms. The Morgan fingerprint density at radius 3 is 2.54 bits per heavy atom. The van der Waals surface area contributed by atoms with E-state index in [-0.39, 0.29) is 18.8 Å². The Balaban J connectivity index is 2.57. The summed E-state index contributed by atoms with van der Waals surface area (Å²) in [5, 5.41) is 0. The molecule has 0 aliphatic carbocycles. The van der Waals surface area contributed by atoms with E-state index in [2.05, 4.69) is 0 Å². The van der Waals surface area contributed by atoms with Crippen molar-refractivity contribution in [2.24, 2.45) is 0 Å². The maximum absolute atomic E-state index is 11.4. The first-order valence-corrected chi connectivity index (χ1v) is 4.08. The average Bonchev–Trinajstić information content (AvgIpc) is 2.29. The molecule has 0 amide bonds. The molecule has 0 radical (unpaired) electrons. The number of Topliss-reactive ketones (excluding diaryl/α,β-unsaturated/α-hetero) is 1. The lowest BCUT2D eigenvalue weighted by molar-refractivity contribution is 0.0512. The van der Waals surface area contributed by atoms with Gasteiger partial charge in [0, 0.05) is 12.0 Å². The van der Waals surface area contributed by atoms with Crippen LogP contribution in [0.2, 0.25) is 0 Å². The molecule has 1 aliphatic rings. The van der Waals surface area contributed by atoms with E-state index in [4.69, 9.17) is 4.74 Å². The molecule has 3 nitrogen and oxygen atoms in total. The van der Waals surface area contributed by atoms with Gasteiger partial charge in [0.25, 0.3) is 0 Å². The molecule has 0 saturated carbocycles. The molecule has 0 atom stereocenters. The van der Waals surface area contributed by atoms with Crippen LogP contribution in [0.5, 0.6) is 0 Å². The van der Waals surface area contributed by atoms with Crippen LogP contribution in [0.1, 0.15) is 27.1 Å². The van der Waals surface area contributed by atoms with Crippen LogP contribution in [-0.2, 0) is 4.74 Å². The third-order valence-electron chi connectivity index (χ3n) is 2.01. The fraction of sp³-hybridized carbons (Fsp3) is 0.200. The summed E-state index contributed by atoms with van der Waals surface area (Å²) in [4.78, 5) is 22.7. The fourth-order valence-corrected chi connectivity index (χ4v) is 1.35. The first kappa shape index (κ1) is 7.98. The highest BCUT2D eigenvalue weighted by molar-refractivity contribution is 6.07. The van der Waals surface area contributed by atoms with Gasteiger partial charge in [-0.2, -0.15) is 0 Å². The van der Waals surface area contributed by atoms with Crippen molar-refractivity contribution in [1.29, 1.82) is 0 Å². The Bertz CT molecular complexity index is 333. The molecule has 0 N–H and O–H groups in total. The third kappa shape index (κ3) is 1.33. The summed E-state index contributed by atoms with van der Waals surface area (Å²) in [5.41, 5.74) is 0.856. The van der Waals surface area contributed by atoms with Gasteiger partial charge in [0.1, 0.15) is 0 Å². The van der Waals surface area contributed by atoms with E-state index in [0.717, 1.165) is 0 Å². The zero-order valence-corrected chi connectivity index (χ0v) is 6.95. The lowest BCUT2D eigenvalue weighted by atomic mass is 10.0. The molecule has 3 heteroatoms. The molecule has 0 spiro atoms. The van der Waals surface area contributed by atoms with Crippen molar-refractivity contribution >= 4 is 11.8 Å². The van der Waals surface area contributed by atoms with Gasteiger partial charge in [0.05, 0.1) is 12.2 Å². The molecule has 0 unspecified atom stereocenters. The Morgan fingerprint density at radius 1 is 1.08 bits per heavy atom. The highest BCUT2D eigenvalue weighted by Gasteiger charge is 2.21. The molecule has 0 bridgehead atoms. The molecular weight excluding hydrogens is 168 g/mol. The fourth-order valence-electron chi connectivity index (χ4n) is 1.35. The number of rotatable bonds is 0. The summed E-state index contributed by atoms with van der Waals surface area (Å²) in [7, 11) is 0. The quantitative estimate of drug-likeness (QED) is 0.561. The van der Waals surface area contributed by atoms with E-state index in [1.807, 2.05) is 0 Å². The Morgan fingerprint density at radius 2 is 1.77 bits per heavy atom. The van der Waals surface area contributed by atoms with Crippen LogP contribution in [-0.4, -0.2) is 18.4 Å². The van der Waals surface area contributed by atoms with Gasteiger partial charge in [-0.3, -0.25) is 4.79 Å². The topological polar surface area (TPSA) is 43.4 Å². The van der Waals surface area contributed by atoms with Gasteiger partial charge in [0.15, 0.2) is 5.78 Å². The van der Waals surface area contributed by atoms with Gasteiger partial charge < -0.3 is 4.74 Å². The first-order valence-electron chi connectivity index (χ1n) is 4.08. The highest BCUT2D eigenvalue weighted by atomic mass is 16.5. The van der Waals surface area contributed by atoms with Gasteiger partial charge in [-0.1, -0.05) is 18.2 Å². The minimum atomic E-state index is -0.401. The van der Waals surface area contributed by atoms with Crippen molar-refractivity contribution in [3.05, 3.63) is 35.4 Å². The molecule has 0 aromatic heterocycles. The molecule has 1 aromatic rings. The second-order valence-electron chi connectivity index (χ2n) is 2.85. The van der Waals surface area contributed by atoms with Gasteiger partial charge >= 0.3 is 5.97 Å². The summed E-state index contributed by atoms with van der Waals surface area (Å²) in [6, 6.07) is 6.74. The van der Waals surface area contributed by atoms with Crippen LogP contribution >= 0.6 is 0 Å². The van der Waals surface area contributed by atoms with E-state index >= 15 is 0 Å². The minimum absolute atomic E-state index is 0.0264. The minimum Gasteiger partial charge on any atom is -0.462 e. The lowest BCUT2D eigenvalue weighted by Crippen LogP contribution is -2.04. The standard InChI is InChI=1S/C10H8O3/c11-9-5-6-13-10(12)8-4-2-1-3-7(8)9/h1-4H,5-6H2. The summed E-state index contributed by atoms with van der Waals surface area (Å²) >= 11 is 0. The third-order valence-corrected chi connectivity index (χ3v) is 2.01. The molecular formula is C10H8O3. The molecule has 0 fully saturated rings. The number of esters is 1. The van der Waals surface area contributed by atoms with Crippen molar-refractivity contribution in [2.75, 3.05) is 6.61 Å². The van der Waals surface area contributed by atoms with Crippen LogP contribution < -0.4 is 0 Å². The molecule has 1 heterocycles. The smallest absolute Gasteiger partial charge is 0.338 e. The summed E-state index contributed by atoms with van der Waals surface area (Å²) in [6.07, 6.45) is 0.281. The van der Waals surface area contributed by atoms with Crippen molar-refractivity contribution < 1.29 is 14.3 Å². The van der Waals surface area contributed by atoms with Crippen LogP contribution in [0, 0.1) is 0 Å². The van der Waals surface area contributed by atoms with Crippen molar-refractivity contribution in [3.63, 3.8) is 0 Å². The van der Waals surface area contributed by atoms with Gasteiger partial charge in [0.2, 0.25) is 0 Å². The number of fused-ring (bicyclic) bond motifs is 1. The normalized spacial score (nSPS) is 16.0. The summed E-state index contributed by atoms with van der Waals surface area (Å²) < 4.78 is 4.84. The number of hydrogen-bond acceptors (Lipinski definition) is 3. The van der Waals surface area contributed by atoms with Gasteiger partial charge in [-0.05, 0) is 6.07 Å². The Labute approximate surface area is 75.3 Å². The van der Waals surface area contributed by atoms with Crippen molar-refractivity contribution in [3.8, 4) is 0 Å². The first-order chi connectivity index (χ1) is 6.29. The number of benzene rings is 1. The summed E-state index contributed by atoms with van der Waals surface area (Å²) in [5.74, 6) is -0.428. The van der Waals surface area contributed by atoms with E-state index < -0.39 is 5.97 Å². The largest absolute Gasteiger partial charge is 0.462 e. The average molecular weight is 176 g/mol. The predicted octanol–water partition coefficient (Wildman–Crippen LogP) is 1.43. The van der Waals surface area contributed by atoms with E-state index in [0.29, 0.717) is 11.1 Å². The number of cyclic esters (lactones) is 1. The zero-order chi connectivity index (χ0) is 9.26. The van der Waals surface area contributed by atoms with Crippen molar-refractivity contribution in [1.82, 2.24) is 0 Å². The zero-order valence-electron chi connectivity index (χ0n) is 6.95. The molecule has 1 aliphatic heterocycles. The summed E-state index contributed by atoms with van der Waals surface area (Å²) in [6.45, 7) is 0.187. The highest BCUT2D eigenvalue weighted by Crippen LogP contribution is 2.15. The van der Waals surface area contributed by atoms with Gasteiger partial charge in [-0.15, -0.1) is 0 Å². The van der Waals surface area contributed by atoms with E-state index in [1.165, 1.54) is 0 Å². The Kier molecular flexibility index (Phi) is 1.85. The van der Waals surface area contributed by atoms with Crippen LogP contribution in [0.4, 0.5) is 0 Å².